The van der Waals surface area contributed by atoms with E-state index in [-0.39, 0.29) is 23.2 Å². The van der Waals surface area contributed by atoms with Crippen LogP contribution in [0.15, 0.2) is 58.7 Å². The van der Waals surface area contributed by atoms with Crippen LogP contribution in [-0.2, 0) is 21.4 Å². The second kappa shape index (κ2) is 8.68. The second-order valence-corrected chi connectivity index (χ2v) is 9.39. The van der Waals surface area contributed by atoms with Gasteiger partial charge in [0.05, 0.1) is 22.2 Å². The molecule has 162 valence electrons. The number of hydrogen-bond donors (Lipinski definition) is 2. The standard InChI is InChI=1S/C21H22ClN5O3S/c1-2-3-7-17(25-20-16-6-4-5-8-18(16)31(29,30)26-20)21(28)23-11-15-13-27-12-14(22)9-10-19(27)24-15/h4-6,8-10,12-13,17H,2-3,7,11H2,1H3,(H,23,28)(H,25,26). The average Bonchev–Trinajstić information content (AvgIpc) is 3.26. The van der Waals surface area contributed by atoms with Crippen molar-refractivity contribution in [3.05, 3.63) is 65.1 Å². The SMILES string of the molecule is CCCCC(N=C1NS(=O)(=O)c2ccccc21)C(=O)NCc1cn2cc(Cl)ccc2n1. The van der Waals surface area contributed by atoms with Gasteiger partial charge in [-0.25, -0.2) is 13.4 Å². The first-order valence-corrected chi connectivity index (χ1v) is 11.8. The van der Waals surface area contributed by atoms with E-state index in [2.05, 4.69) is 20.0 Å². The van der Waals surface area contributed by atoms with E-state index in [1.807, 2.05) is 6.92 Å². The summed E-state index contributed by atoms with van der Waals surface area (Å²) in [6.45, 7) is 2.26. The molecule has 1 unspecified atom stereocenters. The summed E-state index contributed by atoms with van der Waals surface area (Å²) in [5.74, 6) is -0.0751. The van der Waals surface area contributed by atoms with Crippen molar-refractivity contribution >= 4 is 39.0 Å². The molecule has 0 fully saturated rings. The number of aromatic nitrogens is 2. The lowest BCUT2D eigenvalue weighted by Gasteiger charge is -2.13. The molecule has 8 nitrogen and oxygen atoms in total. The molecule has 0 saturated carbocycles. The maximum atomic E-state index is 12.9. The Balaban J connectivity index is 1.53. The summed E-state index contributed by atoms with van der Waals surface area (Å²) in [5, 5.41) is 3.46. The Hall–Kier alpha value is -2.91. The first-order chi connectivity index (χ1) is 14.9. The van der Waals surface area contributed by atoms with E-state index in [9.17, 15) is 13.2 Å². The maximum Gasteiger partial charge on any atom is 0.263 e. The van der Waals surface area contributed by atoms with Gasteiger partial charge in [0, 0.05) is 18.0 Å². The van der Waals surface area contributed by atoms with Crippen LogP contribution < -0.4 is 10.0 Å². The molecule has 0 bridgehead atoms. The van der Waals surface area contributed by atoms with E-state index in [1.165, 1.54) is 6.07 Å². The summed E-state index contributed by atoms with van der Waals surface area (Å²) in [5.41, 5.74) is 1.90. The molecule has 10 heteroatoms. The number of amidine groups is 1. The number of nitrogens with zero attached hydrogens (tertiary/aromatic N) is 3. The normalized spacial score (nSPS) is 16.8. The van der Waals surface area contributed by atoms with Crippen LogP contribution in [0.5, 0.6) is 0 Å². The Morgan fingerprint density at radius 2 is 2.06 bits per heavy atom. The quantitative estimate of drug-likeness (QED) is 0.566. The number of nitrogens with one attached hydrogen (secondary N) is 2. The smallest absolute Gasteiger partial charge is 0.263 e. The van der Waals surface area contributed by atoms with Crippen LogP contribution >= 0.6 is 11.6 Å². The number of halogens is 1. The highest BCUT2D eigenvalue weighted by Gasteiger charge is 2.31. The summed E-state index contributed by atoms with van der Waals surface area (Å²) in [6.07, 6.45) is 5.74. The molecule has 0 aliphatic carbocycles. The van der Waals surface area contributed by atoms with Crippen LogP contribution in [0, 0.1) is 0 Å². The fourth-order valence-corrected chi connectivity index (χ4v) is 4.84. The molecule has 1 aliphatic heterocycles. The molecule has 3 heterocycles. The summed E-state index contributed by atoms with van der Waals surface area (Å²) < 4.78 is 28.9. The zero-order chi connectivity index (χ0) is 22.0. The molecule has 4 rings (SSSR count). The van der Waals surface area contributed by atoms with Crippen LogP contribution in [0.4, 0.5) is 0 Å². The Bertz CT molecular complexity index is 1270. The van der Waals surface area contributed by atoms with E-state index in [0.29, 0.717) is 22.7 Å². The van der Waals surface area contributed by atoms with Crippen LogP contribution in [0.2, 0.25) is 5.02 Å². The fourth-order valence-electron chi connectivity index (χ4n) is 3.44. The van der Waals surface area contributed by atoms with Gasteiger partial charge in [-0.3, -0.25) is 14.5 Å². The van der Waals surface area contributed by atoms with E-state index >= 15 is 0 Å². The van der Waals surface area contributed by atoms with E-state index in [1.54, 1.807) is 47.1 Å². The lowest BCUT2D eigenvalue weighted by Crippen LogP contribution is -2.35. The minimum Gasteiger partial charge on any atom is -0.349 e. The molecule has 0 saturated heterocycles. The van der Waals surface area contributed by atoms with Crippen molar-refractivity contribution in [2.75, 3.05) is 0 Å². The van der Waals surface area contributed by atoms with Gasteiger partial charge in [-0.05, 0) is 30.7 Å². The van der Waals surface area contributed by atoms with Crippen molar-refractivity contribution in [3.63, 3.8) is 0 Å². The van der Waals surface area contributed by atoms with Crippen molar-refractivity contribution in [2.45, 2.75) is 43.7 Å². The molecule has 2 N–H and O–H groups in total. The topological polar surface area (TPSA) is 105 Å². The number of imidazole rings is 1. The van der Waals surface area contributed by atoms with E-state index < -0.39 is 16.1 Å². The Kier molecular flexibility index (Phi) is 5.97. The van der Waals surface area contributed by atoms with Gasteiger partial charge in [-0.2, -0.15) is 0 Å². The number of benzene rings is 1. The minimum atomic E-state index is -3.66. The number of pyridine rings is 1. The molecule has 1 amide bonds. The first-order valence-electron chi connectivity index (χ1n) is 9.98. The lowest BCUT2D eigenvalue weighted by molar-refractivity contribution is -0.122. The number of amides is 1. The van der Waals surface area contributed by atoms with Gasteiger partial charge in [-0.1, -0.05) is 43.5 Å². The van der Waals surface area contributed by atoms with Gasteiger partial charge < -0.3 is 9.72 Å². The molecule has 3 aromatic rings. The number of unbranched alkanes of at least 4 members (excludes halogenated alkanes) is 1. The molecule has 31 heavy (non-hydrogen) atoms. The molecular weight excluding hydrogens is 438 g/mol. The van der Waals surface area contributed by atoms with Crippen molar-refractivity contribution in [2.24, 2.45) is 4.99 Å². The van der Waals surface area contributed by atoms with Crippen LogP contribution in [0.25, 0.3) is 5.65 Å². The predicted molar refractivity (Wildman–Crippen MR) is 119 cm³/mol. The Labute approximate surface area is 185 Å². The van der Waals surface area contributed by atoms with Gasteiger partial charge in [0.15, 0.2) is 0 Å². The molecule has 0 spiro atoms. The number of carbonyl (C=O) groups is 1. The van der Waals surface area contributed by atoms with Crippen LogP contribution in [0.1, 0.15) is 37.4 Å². The highest BCUT2D eigenvalue weighted by Crippen LogP contribution is 2.23. The average molecular weight is 460 g/mol. The number of aliphatic imine (C=N–C) groups is 1. The minimum absolute atomic E-state index is 0.173. The monoisotopic (exact) mass is 459 g/mol. The second-order valence-electron chi connectivity index (χ2n) is 7.30. The lowest BCUT2D eigenvalue weighted by atomic mass is 10.1. The summed E-state index contributed by atoms with van der Waals surface area (Å²) in [4.78, 5) is 22.0. The highest BCUT2D eigenvalue weighted by atomic mass is 35.5. The number of carbonyl (C=O) groups excluding carboxylic acids is 1. The largest absolute Gasteiger partial charge is 0.349 e. The Morgan fingerprint density at radius 1 is 1.26 bits per heavy atom. The third-order valence-corrected chi connectivity index (χ3v) is 6.61. The predicted octanol–water partition coefficient (Wildman–Crippen LogP) is 2.90. The number of fused-ring (bicyclic) bond motifs is 2. The number of rotatable bonds is 7. The third kappa shape index (κ3) is 4.57. The molecule has 1 atom stereocenters. The molecule has 1 aromatic carbocycles. The maximum absolute atomic E-state index is 12.9. The van der Waals surface area contributed by atoms with Crippen molar-refractivity contribution in [1.82, 2.24) is 19.4 Å². The fraction of sp³-hybridized carbons (Fsp3) is 0.286. The molecular formula is C21H22ClN5O3S. The molecule has 0 radical (unpaired) electrons. The zero-order valence-electron chi connectivity index (χ0n) is 16.9. The summed E-state index contributed by atoms with van der Waals surface area (Å²) in [7, 11) is -3.66. The van der Waals surface area contributed by atoms with Crippen molar-refractivity contribution < 1.29 is 13.2 Å². The van der Waals surface area contributed by atoms with Crippen molar-refractivity contribution in [1.29, 1.82) is 0 Å². The van der Waals surface area contributed by atoms with Crippen molar-refractivity contribution in [3.8, 4) is 0 Å². The summed E-state index contributed by atoms with van der Waals surface area (Å²) >= 11 is 6.00. The highest BCUT2D eigenvalue weighted by molar-refractivity contribution is 7.90. The van der Waals surface area contributed by atoms with Crippen LogP contribution in [0.3, 0.4) is 0 Å². The third-order valence-electron chi connectivity index (χ3n) is 4.99. The van der Waals surface area contributed by atoms with Gasteiger partial charge in [0.2, 0.25) is 5.91 Å². The van der Waals surface area contributed by atoms with E-state index in [4.69, 9.17) is 11.6 Å². The van der Waals surface area contributed by atoms with E-state index in [0.717, 1.165) is 18.5 Å². The van der Waals surface area contributed by atoms with Crippen LogP contribution in [-0.4, -0.2) is 35.6 Å². The first kappa shape index (κ1) is 21.3. The van der Waals surface area contributed by atoms with Gasteiger partial charge in [0.1, 0.15) is 17.5 Å². The number of sulfonamides is 1. The Morgan fingerprint density at radius 3 is 2.87 bits per heavy atom. The zero-order valence-corrected chi connectivity index (χ0v) is 18.4. The van der Waals surface area contributed by atoms with Gasteiger partial charge in [0.25, 0.3) is 10.0 Å². The molecule has 2 aromatic heterocycles. The number of hydrogen-bond acceptors (Lipinski definition) is 5. The molecule has 1 aliphatic rings. The van der Waals surface area contributed by atoms with Gasteiger partial charge in [-0.15, -0.1) is 0 Å². The van der Waals surface area contributed by atoms with Gasteiger partial charge >= 0.3 is 0 Å². The summed E-state index contributed by atoms with van der Waals surface area (Å²) in [6, 6.07) is 9.45.